The summed E-state index contributed by atoms with van der Waals surface area (Å²) >= 11 is 0. The largest absolute Gasteiger partial charge is 0.467 e. The molecule has 0 aliphatic heterocycles. The summed E-state index contributed by atoms with van der Waals surface area (Å²) in [6.07, 6.45) is 1.46. The summed E-state index contributed by atoms with van der Waals surface area (Å²) in [6.45, 7) is 1.17. The highest BCUT2D eigenvalue weighted by molar-refractivity contribution is 5.94. The number of nitrogens with zero attached hydrogens (tertiary/aromatic N) is 1. The Bertz CT molecular complexity index is 671. The zero-order valence-electron chi connectivity index (χ0n) is 11.8. The lowest BCUT2D eigenvalue weighted by Crippen LogP contribution is -2.36. The maximum Gasteiger partial charge on any atom is 0.244 e. The smallest absolute Gasteiger partial charge is 0.244 e. The van der Waals surface area contributed by atoms with Crippen molar-refractivity contribution in [1.29, 1.82) is 0 Å². The molecule has 0 saturated heterocycles. The van der Waals surface area contributed by atoms with Gasteiger partial charge in [-0.3, -0.25) is 9.59 Å². The minimum atomic E-state index is -0.881. The van der Waals surface area contributed by atoms with Crippen LogP contribution < -0.4 is 5.32 Å². The highest BCUT2D eigenvalue weighted by Crippen LogP contribution is 2.15. The van der Waals surface area contributed by atoms with Gasteiger partial charge in [0, 0.05) is 13.0 Å². The SMILES string of the molecule is CC(=O)N(CC(=O)Nc1ccc(F)cc1F)Cc1ccco1. The molecule has 22 heavy (non-hydrogen) atoms. The van der Waals surface area contributed by atoms with Crippen LogP contribution in [0.2, 0.25) is 0 Å². The molecule has 0 bridgehead atoms. The van der Waals surface area contributed by atoms with Crippen molar-refractivity contribution in [2.45, 2.75) is 13.5 Å². The third-order valence-electron chi connectivity index (χ3n) is 2.91. The van der Waals surface area contributed by atoms with Gasteiger partial charge in [0.15, 0.2) is 0 Å². The predicted molar refractivity (Wildman–Crippen MR) is 74.8 cm³/mol. The number of hydrogen-bond acceptors (Lipinski definition) is 3. The van der Waals surface area contributed by atoms with Gasteiger partial charge in [-0.25, -0.2) is 8.78 Å². The summed E-state index contributed by atoms with van der Waals surface area (Å²) in [7, 11) is 0. The van der Waals surface area contributed by atoms with E-state index in [1.807, 2.05) is 0 Å². The Balaban J connectivity index is 2.00. The van der Waals surface area contributed by atoms with Crippen LogP contribution in [0.1, 0.15) is 12.7 Å². The molecule has 2 amide bonds. The molecular weight excluding hydrogens is 294 g/mol. The number of anilines is 1. The van der Waals surface area contributed by atoms with E-state index in [-0.39, 0.29) is 24.7 Å². The van der Waals surface area contributed by atoms with Crippen LogP contribution in [0.4, 0.5) is 14.5 Å². The number of furan rings is 1. The average molecular weight is 308 g/mol. The molecule has 1 aromatic heterocycles. The molecule has 1 N–H and O–H groups in total. The molecule has 1 aromatic carbocycles. The number of benzene rings is 1. The Morgan fingerprint density at radius 1 is 1.27 bits per heavy atom. The summed E-state index contributed by atoms with van der Waals surface area (Å²) in [5, 5.41) is 2.30. The predicted octanol–water partition coefficient (Wildman–Crippen LogP) is 2.55. The van der Waals surface area contributed by atoms with Crippen LogP contribution in [-0.2, 0) is 16.1 Å². The normalized spacial score (nSPS) is 10.3. The second-order valence-corrected chi connectivity index (χ2v) is 4.63. The molecule has 2 rings (SSSR count). The van der Waals surface area contributed by atoms with Crippen molar-refractivity contribution in [2.75, 3.05) is 11.9 Å². The Hall–Kier alpha value is -2.70. The van der Waals surface area contributed by atoms with Gasteiger partial charge in [-0.05, 0) is 24.3 Å². The first-order valence-corrected chi connectivity index (χ1v) is 6.48. The van der Waals surface area contributed by atoms with Crippen LogP contribution in [0.25, 0.3) is 0 Å². The van der Waals surface area contributed by atoms with Crippen LogP contribution in [-0.4, -0.2) is 23.3 Å². The van der Waals surface area contributed by atoms with Gasteiger partial charge in [-0.1, -0.05) is 0 Å². The zero-order chi connectivity index (χ0) is 16.1. The van der Waals surface area contributed by atoms with Crippen molar-refractivity contribution in [3.8, 4) is 0 Å². The van der Waals surface area contributed by atoms with Crippen LogP contribution in [0, 0.1) is 11.6 Å². The van der Waals surface area contributed by atoms with Crippen molar-refractivity contribution in [2.24, 2.45) is 0 Å². The first kappa shape index (κ1) is 15.7. The van der Waals surface area contributed by atoms with Gasteiger partial charge in [0.25, 0.3) is 0 Å². The summed E-state index contributed by atoms with van der Waals surface area (Å²) in [4.78, 5) is 24.7. The first-order chi connectivity index (χ1) is 10.5. The van der Waals surface area contributed by atoms with E-state index in [2.05, 4.69) is 5.32 Å². The van der Waals surface area contributed by atoms with Crippen molar-refractivity contribution in [3.63, 3.8) is 0 Å². The Kier molecular flexibility index (Phi) is 4.88. The third-order valence-corrected chi connectivity index (χ3v) is 2.91. The Morgan fingerprint density at radius 2 is 2.05 bits per heavy atom. The van der Waals surface area contributed by atoms with Gasteiger partial charge >= 0.3 is 0 Å². The number of rotatable bonds is 5. The van der Waals surface area contributed by atoms with E-state index >= 15 is 0 Å². The fourth-order valence-corrected chi connectivity index (χ4v) is 1.82. The number of nitrogens with one attached hydrogen (secondary N) is 1. The van der Waals surface area contributed by atoms with Crippen molar-refractivity contribution < 1.29 is 22.8 Å². The van der Waals surface area contributed by atoms with Crippen LogP contribution >= 0.6 is 0 Å². The molecule has 2 aromatic rings. The molecule has 116 valence electrons. The number of hydrogen-bond donors (Lipinski definition) is 1. The molecule has 1 heterocycles. The molecule has 0 atom stereocenters. The van der Waals surface area contributed by atoms with Gasteiger partial charge < -0.3 is 14.6 Å². The van der Waals surface area contributed by atoms with E-state index < -0.39 is 17.5 Å². The van der Waals surface area contributed by atoms with E-state index in [1.165, 1.54) is 18.1 Å². The van der Waals surface area contributed by atoms with E-state index in [9.17, 15) is 18.4 Å². The second kappa shape index (κ2) is 6.84. The van der Waals surface area contributed by atoms with Gasteiger partial charge in [-0.15, -0.1) is 0 Å². The number of carbonyl (C=O) groups is 2. The standard InChI is InChI=1S/C15H14F2N2O3/c1-10(20)19(8-12-3-2-6-22-12)9-15(21)18-14-5-4-11(16)7-13(14)17/h2-7H,8-9H2,1H3,(H,18,21). The quantitative estimate of drug-likeness (QED) is 0.923. The highest BCUT2D eigenvalue weighted by Gasteiger charge is 2.16. The average Bonchev–Trinajstić information content (AvgIpc) is 2.94. The van der Waals surface area contributed by atoms with Gasteiger partial charge in [0.1, 0.15) is 23.9 Å². The third kappa shape index (κ3) is 4.15. The lowest BCUT2D eigenvalue weighted by molar-refractivity contribution is -0.133. The molecule has 0 spiro atoms. The fourth-order valence-electron chi connectivity index (χ4n) is 1.82. The van der Waals surface area contributed by atoms with Crippen molar-refractivity contribution >= 4 is 17.5 Å². The molecule has 0 aliphatic rings. The second-order valence-electron chi connectivity index (χ2n) is 4.63. The number of halogens is 2. The fraction of sp³-hybridized carbons (Fsp3) is 0.200. The lowest BCUT2D eigenvalue weighted by atomic mass is 10.3. The van der Waals surface area contributed by atoms with Crippen LogP contribution in [0.15, 0.2) is 41.0 Å². The Morgan fingerprint density at radius 3 is 2.64 bits per heavy atom. The number of amides is 2. The molecule has 0 fully saturated rings. The summed E-state index contributed by atoms with van der Waals surface area (Å²) in [6, 6.07) is 6.16. The van der Waals surface area contributed by atoms with Gasteiger partial charge in [0.2, 0.25) is 11.8 Å². The summed E-state index contributed by atoms with van der Waals surface area (Å²) in [5.74, 6) is -2.01. The van der Waals surface area contributed by atoms with E-state index in [4.69, 9.17) is 4.42 Å². The first-order valence-electron chi connectivity index (χ1n) is 6.48. The van der Waals surface area contributed by atoms with Crippen LogP contribution in [0.5, 0.6) is 0 Å². The molecular formula is C15H14F2N2O3. The highest BCUT2D eigenvalue weighted by atomic mass is 19.1. The maximum atomic E-state index is 13.5. The van der Waals surface area contributed by atoms with Gasteiger partial charge in [-0.2, -0.15) is 0 Å². The van der Waals surface area contributed by atoms with E-state index in [1.54, 1.807) is 12.1 Å². The minimum absolute atomic E-state index is 0.127. The summed E-state index contributed by atoms with van der Waals surface area (Å²) < 4.78 is 31.4. The zero-order valence-corrected chi connectivity index (χ0v) is 11.8. The monoisotopic (exact) mass is 308 g/mol. The number of carbonyl (C=O) groups excluding carboxylic acids is 2. The topological polar surface area (TPSA) is 62.6 Å². The van der Waals surface area contributed by atoms with Crippen molar-refractivity contribution in [1.82, 2.24) is 4.90 Å². The molecule has 7 heteroatoms. The molecule has 0 radical (unpaired) electrons. The molecule has 5 nitrogen and oxygen atoms in total. The van der Waals surface area contributed by atoms with E-state index in [0.717, 1.165) is 12.1 Å². The lowest BCUT2D eigenvalue weighted by Gasteiger charge is -2.19. The van der Waals surface area contributed by atoms with Crippen molar-refractivity contribution in [3.05, 3.63) is 54.0 Å². The molecule has 0 saturated carbocycles. The minimum Gasteiger partial charge on any atom is -0.467 e. The summed E-state index contributed by atoms with van der Waals surface area (Å²) in [5.41, 5.74) is -0.145. The molecule has 0 unspecified atom stereocenters. The van der Waals surface area contributed by atoms with Gasteiger partial charge in [0.05, 0.1) is 18.5 Å². The van der Waals surface area contributed by atoms with E-state index in [0.29, 0.717) is 11.8 Å². The molecule has 0 aliphatic carbocycles. The Labute approximate surface area is 125 Å². The maximum absolute atomic E-state index is 13.5. The van der Waals surface area contributed by atoms with Crippen LogP contribution in [0.3, 0.4) is 0 Å².